The number of hydrogen-bond acceptors (Lipinski definition) is 4. The lowest BCUT2D eigenvalue weighted by Gasteiger charge is -2.28. The van der Waals surface area contributed by atoms with Crippen LogP contribution in [0.4, 0.5) is 5.69 Å². The van der Waals surface area contributed by atoms with Crippen molar-refractivity contribution in [1.29, 1.82) is 0 Å². The lowest BCUT2D eigenvalue weighted by atomic mass is 10.1. The van der Waals surface area contributed by atoms with Crippen molar-refractivity contribution in [2.75, 3.05) is 18.5 Å². The van der Waals surface area contributed by atoms with Gasteiger partial charge in [-0.3, -0.25) is 4.98 Å². The maximum atomic E-state index is 4.31. The summed E-state index contributed by atoms with van der Waals surface area (Å²) in [6, 6.07) is 6.77. The zero-order valence-electron chi connectivity index (χ0n) is 13.3. The molecular formula is C17H25N3S. The smallest absolute Gasteiger partial charge is 0.0604 e. The minimum Gasteiger partial charge on any atom is -0.366 e. The molecule has 0 spiro atoms. The van der Waals surface area contributed by atoms with Gasteiger partial charge in [0.05, 0.1) is 17.9 Å². The molecule has 1 atom stereocenters. The Hall–Kier alpha value is -1.39. The molecule has 2 aromatic rings. The van der Waals surface area contributed by atoms with E-state index in [2.05, 4.69) is 66.6 Å². The zero-order valence-corrected chi connectivity index (χ0v) is 14.2. The van der Waals surface area contributed by atoms with Gasteiger partial charge in [-0.15, -0.1) is 11.3 Å². The van der Waals surface area contributed by atoms with Gasteiger partial charge in [0.15, 0.2) is 0 Å². The van der Waals surface area contributed by atoms with Crippen molar-refractivity contribution in [2.45, 2.75) is 33.4 Å². The van der Waals surface area contributed by atoms with Gasteiger partial charge in [-0.25, -0.2) is 0 Å². The van der Waals surface area contributed by atoms with Gasteiger partial charge in [-0.1, -0.05) is 19.9 Å². The molecule has 0 radical (unpaired) electrons. The molecule has 0 amide bonds. The van der Waals surface area contributed by atoms with Gasteiger partial charge in [0, 0.05) is 24.7 Å². The van der Waals surface area contributed by atoms with Gasteiger partial charge in [0.1, 0.15) is 0 Å². The molecule has 2 aromatic heterocycles. The molecule has 0 fully saturated rings. The lowest BCUT2D eigenvalue weighted by molar-refractivity contribution is 0.551. The molecule has 21 heavy (non-hydrogen) atoms. The summed E-state index contributed by atoms with van der Waals surface area (Å²) >= 11 is 1.80. The van der Waals surface area contributed by atoms with Crippen LogP contribution in [0.15, 0.2) is 36.0 Å². The quantitative estimate of drug-likeness (QED) is 0.835. The third-order valence-corrected chi connectivity index (χ3v) is 4.71. The Morgan fingerprint density at radius 3 is 2.76 bits per heavy atom. The van der Waals surface area contributed by atoms with E-state index in [1.807, 2.05) is 12.4 Å². The number of hydrogen-bond donors (Lipinski definition) is 1. The van der Waals surface area contributed by atoms with E-state index >= 15 is 0 Å². The van der Waals surface area contributed by atoms with Crippen LogP contribution in [0.1, 0.15) is 37.3 Å². The first-order valence-corrected chi connectivity index (χ1v) is 8.37. The molecule has 0 saturated heterocycles. The van der Waals surface area contributed by atoms with Crippen LogP contribution in [0, 0.1) is 5.92 Å². The third kappa shape index (κ3) is 4.29. The molecule has 0 aliphatic rings. The highest BCUT2D eigenvalue weighted by Crippen LogP contribution is 2.29. The lowest BCUT2D eigenvalue weighted by Crippen LogP contribution is -2.25. The number of thiophene rings is 1. The van der Waals surface area contributed by atoms with Crippen LogP contribution in [-0.2, 0) is 6.54 Å². The predicted octanol–water partition coefficient (Wildman–Crippen LogP) is 4.09. The maximum absolute atomic E-state index is 4.31. The molecule has 0 bridgehead atoms. The number of aromatic nitrogens is 1. The van der Waals surface area contributed by atoms with Gasteiger partial charge in [0.25, 0.3) is 0 Å². The van der Waals surface area contributed by atoms with Gasteiger partial charge in [-0.05, 0) is 42.5 Å². The fourth-order valence-corrected chi connectivity index (χ4v) is 3.13. The Labute approximate surface area is 132 Å². The molecule has 3 nitrogen and oxygen atoms in total. The first-order chi connectivity index (χ1) is 10.1. The van der Waals surface area contributed by atoms with E-state index in [1.54, 1.807) is 11.3 Å². The Bertz CT molecular complexity index is 537. The van der Waals surface area contributed by atoms with Crippen molar-refractivity contribution in [3.63, 3.8) is 0 Å². The Kier molecular flexibility index (Phi) is 5.76. The molecule has 0 saturated carbocycles. The summed E-state index contributed by atoms with van der Waals surface area (Å²) in [5.41, 5.74) is 2.51. The summed E-state index contributed by atoms with van der Waals surface area (Å²) in [7, 11) is 2.15. The topological polar surface area (TPSA) is 28.2 Å². The number of rotatable bonds is 7. The van der Waals surface area contributed by atoms with Crippen LogP contribution in [0.25, 0.3) is 0 Å². The monoisotopic (exact) mass is 303 g/mol. The van der Waals surface area contributed by atoms with Gasteiger partial charge in [-0.2, -0.15) is 0 Å². The summed E-state index contributed by atoms with van der Waals surface area (Å²) in [6.45, 7) is 8.62. The molecule has 2 rings (SSSR count). The van der Waals surface area contributed by atoms with Crippen molar-refractivity contribution in [3.8, 4) is 0 Å². The Balaban J connectivity index is 2.11. The van der Waals surface area contributed by atoms with Crippen LogP contribution in [0.5, 0.6) is 0 Å². The van der Waals surface area contributed by atoms with Crippen molar-refractivity contribution < 1.29 is 0 Å². The molecule has 1 unspecified atom stereocenters. The minimum absolute atomic E-state index is 0.359. The van der Waals surface area contributed by atoms with Crippen LogP contribution < -0.4 is 10.2 Å². The molecule has 2 heterocycles. The summed E-state index contributed by atoms with van der Waals surface area (Å²) in [5, 5.41) is 5.65. The molecule has 1 N–H and O–H groups in total. The van der Waals surface area contributed by atoms with Gasteiger partial charge < -0.3 is 10.2 Å². The van der Waals surface area contributed by atoms with Crippen LogP contribution >= 0.6 is 11.3 Å². The van der Waals surface area contributed by atoms with E-state index in [0.717, 1.165) is 13.1 Å². The van der Waals surface area contributed by atoms with Crippen molar-refractivity contribution in [3.05, 3.63) is 46.4 Å². The average molecular weight is 303 g/mol. The van der Waals surface area contributed by atoms with Gasteiger partial charge >= 0.3 is 0 Å². The summed E-state index contributed by atoms with van der Waals surface area (Å²) in [4.78, 5) is 8.00. The predicted molar refractivity (Wildman–Crippen MR) is 91.9 cm³/mol. The van der Waals surface area contributed by atoms with Crippen molar-refractivity contribution in [2.24, 2.45) is 5.92 Å². The van der Waals surface area contributed by atoms with Crippen molar-refractivity contribution in [1.82, 2.24) is 10.3 Å². The van der Waals surface area contributed by atoms with Gasteiger partial charge in [0.2, 0.25) is 0 Å². The molecule has 0 aromatic carbocycles. The summed E-state index contributed by atoms with van der Waals surface area (Å²) in [5.74, 6) is 0.665. The molecular weight excluding hydrogens is 278 g/mol. The first-order valence-electron chi connectivity index (χ1n) is 7.49. The van der Waals surface area contributed by atoms with Crippen molar-refractivity contribution >= 4 is 17.0 Å². The number of nitrogens with zero attached hydrogens (tertiary/aromatic N) is 2. The van der Waals surface area contributed by atoms with E-state index in [9.17, 15) is 0 Å². The fourth-order valence-electron chi connectivity index (χ4n) is 2.31. The molecule has 0 aliphatic heterocycles. The second kappa shape index (κ2) is 7.57. The SMILES string of the molecule is CC(C)CNCc1ccncc1N(C)C(C)c1cccs1. The van der Waals surface area contributed by atoms with Crippen LogP contribution in [-0.4, -0.2) is 18.6 Å². The first kappa shape index (κ1) is 16.0. The zero-order chi connectivity index (χ0) is 15.2. The van der Waals surface area contributed by atoms with E-state index in [4.69, 9.17) is 0 Å². The Morgan fingerprint density at radius 1 is 1.29 bits per heavy atom. The number of anilines is 1. The molecule has 114 valence electrons. The highest BCUT2D eigenvalue weighted by Gasteiger charge is 2.16. The number of nitrogens with one attached hydrogen (secondary N) is 1. The van der Waals surface area contributed by atoms with E-state index < -0.39 is 0 Å². The summed E-state index contributed by atoms with van der Waals surface area (Å²) < 4.78 is 0. The standard InChI is InChI=1S/C17H25N3S/c1-13(2)10-19-11-15-7-8-18-12-16(15)20(4)14(3)17-6-5-9-21-17/h5-9,12-14,19H,10-11H2,1-4H3. The largest absolute Gasteiger partial charge is 0.366 e. The maximum Gasteiger partial charge on any atom is 0.0604 e. The molecule has 4 heteroatoms. The van der Waals surface area contributed by atoms with Crippen LogP contribution in [0.3, 0.4) is 0 Å². The van der Waals surface area contributed by atoms with E-state index in [1.165, 1.54) is 16.1 Å². The summed E-state index contributed by atoms with van der Waals surface area (Å²) in [6.07, 6.45) is 3.84. The third-order valence-electron chi connectivity index (χ3n) is 3.67. The minimum atomic E-state index is 0.359. The highest BCUT2D eigenvalue weighted by molar-refractivity contribution is 7.10. The number of pyridine rings is 1. The second-order valence-electron chi connectivity index (χ2n) is 5.83. The van der Waals surface area contributed by atoms with E-state index in [-0.39, 0.29) is 0 Å². The normalized spacial score (nSPS) is 12.6. The van der Waals surface area contributed by atoms with Crippen LogP contribution in [0.2, 0.25) is 0 Å². The Morgan fingerprint density at radius 2 is 2.10 bits per heavy atom. The average Bonchev–Trinajstić information content (AvgIpc) is 3.00. The fraction of sp³-hybridized carbons (Fsp3) is 0.471. The van der Waals surface area contributed by atoms with E-state index in [0.29, 0.717) is 12.0 Å². The molecule has 0 aliphatic carbocycles. The highest BCUT2D eigenvalue weighted by atomic mass is 32.1. The second-order valence-corrected chi connectivity index (χ2v) is 6.81.